The fourth-order valence-electron chi connectivity index (χ4n) is 1.77. The van der Waals surface area contributed by atoms with E-state index in [9.17, 15) is 4.39 Å². The van der Waals surface area contributed by atoms with E-state index in [0.717, 1.165) is 28.0 Å². The Kier molecular flexibility index (Phi) is 3.05. The van der Waals surface area contributed by atoms with Gasteiger partial charge in [-0.3, -0.25) is 4.98 Å². The SMILES string of the molecule is C=C(c1ccc(C)nc1)c1ccc(F)cc1C. The van der Waals surface area contributed by atoms with Crippen molar-refractivity contribution in [2.45, 2.75) is 13.8 Å². The summed E-state index contributed by atoms with van der Waals surface area (Å²) in [6.45, 7) is 7.87. The molecule has 0 unspecified atom stereocenters. The summed E-state index contributed by atoms with van der Waals surface area (Å²) in [5.41, 5.74) is 4.64. The second kappa shape index (κ2) is 4.50. The highest BCUT2D eigenvalue weighted by molar-refractivity contribution is 5.79. The van der Waals surface area contributed by atoms with E-state index in [0.29, 0.717) is 0 Å². The summed E-state index contributed by atoms with van der Waals surface area (Å²) in [7, 11) is 0. The van der Waals surface area contributed by atoms with Crippen LogP contribution in [0.25, 0.3) is 5.57 Å². The lowest BCUT2D eigenvalue weighted by molar-refractivity contribution is 0.626. The maximum absolute atomic E-state index is 13.0. The number of nitrogens with zero attached hydrogens (tertiary/aromatic N) is 1. The zero-order chi connectivity index (χ0) is 12.4. The van der Waals surface area contributed by atoms with Gasteiger partial charge in [-0.05, 0) is 48.7 Å². The van der Waals surface area contributed by atoms with Crippen LogP contribution in [0.2, 0.25) is 0 Å². The van der Waals surface area contributed by atoms with E-state index in [1.165, 1.54) is 12.1 Å². The third kappa shape index (κ3) is 2.41. The molecule has 1 heterocycles. The standard InChI is InChI=1S/C15H14FN/c1-10-8-14(16)6-7-15(10)12(3)13-5-4-11(2)17-9-13/h4-9H,3H2,1-2H3. The molecule has 0 saturated carbocycles. The number of benzene rings is 1. The lowest BCUT2D eigenvalue weighted by Crippen LogP contribution is -1.92. The van der Waals surface area contributed by atoms with Crippen LogP contribution in [0.1, 0.15) is 22.4 Å². The van der Waals surface area contributed by atoms with Gasteiger partial charge in [0.1, 0.15) is 5.82 Å². The van der Waals surface area contributed by atoms with Gasteiger partial charge in [0.2, 0.25) is 0 Å². The number of halogens is 1. The van der Waals surface area contributed by atoms with Crippen LogP contribution in [-0.4, -0.2) is 4.98 Å². The van der Waals surface area contributed by atoms with E-state index >= 15 is 0 Å². The zero-order valence-electron chi connectivity index (χ0n) is 10.00. The minimum absolute atomic E-state index is 0.221. The molecule has 0 N–H and O–H groups in total. The predicted molar refractivity (Wildman–Crippen MR) is 68.2 cm³/mol. The van der Waals surface area contributed by atoms with Gasteiger partial charge in [-0.25, -0.2) is 4.39 Å². The Balaban J connectivity index is 2.40. The van der Waals surface area contributed by atoms with Crippen LogP contribution in [0.5, 0.6) is 0 Å². The lowest BCUT2D eigenvalue weighted by Gasteiger charge is -2.09. The summed E-state index contributed by atoms with van der Waals surface area (Å²) in [5.74, 6) is -0.221. The molecular weight excluding hydrogens is 213 g/mol. The highest BCUT2D eigenvalue weighted by atomic mass is 19.1. The van der Waals surface area contributed by atoms with Crippen LogP contribution >= 0.6 is 0 Å². The van der Waals surface area contributed by atoms with Crippen LogP contribution < -0.4 is 0 Å². The van der Waals surface area contributed by atoms with Gasteiger partial charge in [-0.1, -0.05) is 18.7 Å². The molecule has 0 amide bonds. The van der Waals surface area contributed by atoms with Gasteiger partial charge in [0, 0.05) is 17.5 Å². The van der Waals surface area contributed by atoms with Crippen molar-refractivity contribution >= 4 is 5.57 Å². The Morgan fingerprint density at radius 3 is 2.53 bits per heavy atom. The molecule has 0 atom stereocenters. The quantitative estimate of drug-likeness (QED) is 0.758. The molecule has 2 rings (SSSR count). The second-order valence-corrected chi connectivity index (χ2v) is 4.13. The summed E-state index contributed by atoms with van der Waals surface area (Å²) in [4.78, 5) is 4.24. The van der Waals surface area contributed by atoms with Gasteiger partial charge < -0.3 is 0 Å². The number of rotatable bonds is 2. The largest absolute Gasteiger partial charge is 0.261 e. The summed E-state index contributed by atoms with van der Waals surface area (Å²) in [6, 6.07) is 8.65. The van der Waals surface area contributed by atoms with Crippen molar-refractivity contribution in [2.75, 3.05) is 0 Å². The fourth-order valence-corrected chi connectivity index (χ4v) is 1.77. The van der Waals surface area contributed by atoms with E-state index in [4.69, 9.17) is 0 Å². The highest BCUT2D eigenvalue weighted by Gasteiger charge is 2.06. The monoisotopic (exact) mass is 227 g/mol. The molecule has 0 fully saturated rings. The minimum Gasteiger partial charge on any atom is -0.261 e. The highest BCUT2D eigenvalue weighted by Crippen LogP contribution is 2.24. The first kappa shape index (κ1) is 11.5. The molecule has 0 bridgehead atoms. The summed E-state index contributed by atoms with van der Waals surface area (Å²) in [6.07, 6.45) is 1.79. The Morgan fingerprint density at radius 1 is 1.18 bits per heavy atom. The van der Waals surface area contributed by atoms with Gasteiger partial charge in [-0.2, -0.15) is 0 Å². The van der Waals surface area contributed by atoms with Crippen LogP contribution in [0, 0.1) is 19.7 Å². The third-order valence-corrected chi connectivity index (χ3v) is 2.77. The molecule has 0 radical (unpaired) electrons. The summed E-state index contributed by atoms with van der Waals surface area (Å²) in [5, 5.41) is 0. The molecule has 0 spiro atoms. The molecule has 17 heavy (non-hydrogen) atoms. The molecule has 1 aromatic heterocycles. The number of hydrogen-bond acceptors (Lipinski definition) is 1. The molecule has 1 aromatic carbocycles. The molecular formula is C15H14FN. The Bertz CT molecular complexity index is 556. The predicted octanol–water partition coefficient (Wildman–Crippen LogP) is 3.90. The third-order valence-electron chi connectivity index (χ3n) is 2.77. The first-order valence-electron chi connectivity index (χ1n) is 5.46. The molecule has 0 saturated heterocycles. The smallest absolute Gasteiger partial charge is 0.123 e. The molecule has 86 valence electrons. The normalized spacial score (nSPS) is 10.3. The van der Waals surface area contributed by atoms with E-state index < -0.39 is 0 Å². The molecule has 0 aliphatic rings. The topological polar surface area (TPSA) is 12.9 Å². The maximum atomic E-state index is 13.0. The van der Waals surface area contributed by atoms with Crippen LogP contribution in [-0.2, 0) is 0 Å². The molecule has 0 aliphatic heterocycles. The Labute approximate surface area is 101 Å². The van der Waals surface area contributed by atoms with Gasteiger partial charge in [0.15, 0.2) is 0 Å². The van der Waals surface area contributed by atoms with E-state index in [2.05, 4.69) is 11.6 Å². The molecule has 2 aromatic rings. The number of pyridine rings is 1. The van der Waals surface area contributed by atoms with Gasteiger partial charge in [0.25, 0.3) is 0 Å². The zero-order valence-corrected chi connectivity index (χ0v) is 10.00. The van der Waals surface area contributed by atoms with Crippen molar-refractivity contribution in [3.63, 3.8) is 0 Å². The first-order chi connectivity index (χ1) is 8.08. The fraction of sp³-hybridized carbons (Fsp3) is 0.133. The summed E-state index contributed by atoms with van der Waals surface area (Å²) < 4.78 is 13.0. The van der Waals surface area contributed by atoms with E-state index in [1.807, 2.05) is 26.0 Å². The van der Waals surface area contributed by atoms with Crippen molar-refractivity contribution in [3.05, 3.63) is 71.3 Å². The van der Waals surface area contributed by atoms with Gasteiger partial charge in [-0.15, -0.1) is 0 Å². The second-order valence-electron chi connectivity index (χ2n) is 4.13. The Hall–Kier alpha value is -1.96. The first-order valence-corrected chi connectivity index (χ1v) is 5.46. The Morgan fingerprint density at radius 2 is 1.94 bits per heavy atom. The van der Waals surface area contributed by atoms with Crippen molar-refractivity contribution in [3.8, 4) is 0 Å². The van der Waals surface area contributed by atoms with Crippen molar-refractivity contribution < 1.29 is 4.39 Å². The van der Waals surface area contributed by atoms with Crippen LogP contribution in [0.15, 0.2) is 43.1 Å². The molecule has 1 nitrogen and oxygen atoms in total. The maximum Gasteiger partial charge on any atom is 0.123 e. The average Bonchev–Trinajstić information content (AvgIpc) is 2.29. The number of hydrogen-bond donors (Lipinski definition) is 0. The average molecular weight is 227 g/mol. The van der Waals surface area contributed by atoms with Crippen molar-refractivity contribution in [1.29, 1.82) is 0 Å². The van der Waals surface area contributed by atoms with E-state index in [1.54, 1.807) is 12.3 Å². The number of aromatic nitrogens is 1. The lowest BCUT2D eigenvalue weighted by atomic mass is 9.97. The van der Waals surface area contributed by atoms with Crippen molar-refractivity contribution in [1.82, 2.24) is 4.98 Å². The minimum atomic E-state index is -0.221. The molecule has 0 aliphatic carbocycles. The van der Waals surface area contributed by atoms with Crippen LogP contribution in [0.4, 0.5) is 4.39 Å². The summed E-state index contributed by atoms with van der Waals surface area (Å²) >= 11 is 0. The molecule has 2 heteroatoms. The number of aryl methyl sites for hydroxylation is 2. The van der Waals surface area contributed by atoms with Gasteiger partial charge in [0.05, 0.1) is 0 Å². The van der Waals surface area contributed by atoms with Crippen LogP contribution in [0.3, 0.4) is 0 Å². The van der Waals surface area contributed by atoms with E-state index in [-0.39, 0.29) is 5.82 Å². The van der Waals surface area contributed by atoms with Crippen molar-refractivity contribution in [2.24, 2.45) is 0 Å². The van der Waals surface area contributed by atoms with Gasteiger partial charge >= 0.3 is 0 Å².